The Kier molecular flexibility index (Phi) is 4.12. The van der Waals surface area contributed by atoms with Gasteiger partial charge in [-0.15, -0.1) is 0 Å². The van der Waals surface area contributed by atoms with Gasteiger partial charge in [0.05, 0.1) is 6.04 Å². The molecule has 0 aliphatic carbocycles. The van der Waals surface area contributed by atoms with Crippen LogP contribution in [0.5, 0.6) is 0 Å². The number of aromatic nitrogens is 1. The molecule has 2 nitrogen and oxygen atoms in total. The van der Waals surface area contributed by atoms with Crippen LogP contribution in [-0.4, -0.2) is 4.98 Å². The quantitative estimate of drug-likeness (QED) is 0.865. The predicted octanol–water partition coefficient (Wildman–Crippen LogP) is 4.80. The molecule has 0 spiro atoms. The summed E-state index contributed by atoms with van der Waals surface area (Å²) in [6.45, 7) is 12.8. The SMILES string of the molecule is Cc1cc(C)cc(NC(C)c2c(C)cc(C)nc2C)c1. The van der Waals surface area contributed by atoms with Gasteiger partial charge in [-0.1, -0.05) is 6.07 Å². The third-order valence-corrected chi connectivity index (χ3v) is 3.62. The number of hydrogen-bond donors (Lipinski definition) is 1. The molecule has 2 aromatic rings. The number of anilines is 1. The zero-order chi connectivity index (χ0) is 14.9. The number of aryl methyl sites for hydroxylation is 5. The fraction of sp³-hybridized carbons (Fsp3) is 0.389. The Hall–Kier alpha value is -1.83. The minimum atomic E-state index is 0.254. The van der Waals surface area contributed by atoms with Gasteiger partial charge in [0.1, 0.15) is 0 Å². The van der Waals surface area contributed by atoms with Crippen LogP contribution in [0.15, 0.2) is 24.3 Å². The lowest BCUT2D eigenvalue weighted by Gasteiger charge is -2.20. The summed E-state index contributed by atoms with van der Waals surface area (Å²) < 4.78 is 0. The number of pyridine rings is 1. The molecule has 1 heterocycles. The van der Waals surface area contributed by atoms with E-state index in [0.717, 1.165) is 11.4 Å². The molecular formula is C18H24N2. The Morgan fingerprint density at radius 2 is 1.50 bits per heavy atom. The first-order valence-corrected chi connectivity index (χ1v) is 7.16. The number of benzene rings is 1. The van der Waals surface area contributed by atoms with Gasteiger partial charge in [-0.2, -0.15) is 0 Å². The molecule has 1 unspecified atom stereocenters. The van der Waals surface area contributed by atoms with Gasteiger partial charge in [-0.3, -0.25) is 4.98 Å². The Morgan fingerprint density at radius 3 is 2.05 bits per heavy atom. The van der Waals surface area contributed by atoms with E-state index in [2.05, 4.69) is 69.2 Å². The normalized spacial score (nSPS) is 12.3. The monoisotopic (exact) mass is 268 g/mol. The average Bonchev–Trinajstić information content (AvgIpc) is 2.25. The van der Waals surface area contributed by atoms with Gasteiger partial charge in [0.2, 0.25) is 0 Å². The Bertz CT molecular complexity index is 586. The summed E-state index contributed by atoms with van der Waals surface area (Å²) in [7, 11) is 0. The Labute approximate surface area is 122 Å². The molecular weight excluding hydrogens is 244 g/mol. The highest BCUT2D eigenvalue weighted by molar-refractivity contribution is 5.51. The summed E-state index contributed by atoms with van der Waals surface area (Å²) in [5.41, 5.74) is 8.56. The molecule has 0 fully saturated rings. The van der Waals surface area contributed by atoms with Crippen molar-refractivity contribution in [3.8, 4) is 0 Å². The Morgan fingerprint density at radius 1 is 0.900 bits per heavy atom. The highest BCUT2D eigenvalue weighted by atomic mass is 14.9. The van der Waals surface area contributed by atoms with E-state index in [0.29, 0.717) is 0 Å². The summed E-state index contributed by atoms with van der Waals surface area (Å²) in [6.07, 6.45) is 0. The first kappa shape index (κ1) is 14.6. The highest BCUT2D eigenvalue weighted by Gasteiger charge is 2.13. The smallest absolute Gasteiger partial charge is 0.0506 e. The van der Waals surface area contributed by atoms with Gasteiger partial charge < -0.3 is 5.32 Å². The molecule has 0 saturated carbocycles. The van der Waals surface area contributed by atoms with E-state index in [1.165, 1.54) is 27.9 Å². The standard InChI is InChI=1S/C18H24N2/c1-11-7-12(2)9-17(8-11)20-16(6)18-13(3)10-14(4)19-15(18)5/h7-10,16,20H,1-6H3. The van der Waals surface area contributed by atoms with Crippen LogP contribution >= 0.6 is 0 Å². The zero-order valence-corrected chi connectivity index (χ0v) is 13.3. The van der Waals surface area contributed by atoms with Crippen molar-refractivity contribution >= 4 is 5.69 Å². The summed E-state index contributed by atoms with van der Waals surface area (Å²) >= 11 is 0. The summed E-state index contributed by atoms with van der Waals surface area (Å²) in [5, 5.41) is 3.60. The third kappa shape index (κ3) is 3.19. The van der Waals surface area contributed by atoms with Crippen LogP contribution in [0.2, 0.25) is 0 Å². The van der Waals surface area contributed by atoms with E-state index in [-0.39, 0.29) is 6.04 Å². The molecule has 2 heteroatoms. The fourth-order valence-electron chi connectivity index (χ4n) is 3.07. The number of nitrogens with one attached hydrogen (secondary N) is 1. The van der Waals surface area contributed by atoms with Crippen molar-refractivity contribution < 1.29 is 0 Å². The average molecular weight is 268 g/mol. The van der Waals surface area contributed by atoms with E-state index in [1.807, 2.05) is 6.92 Å². The van der Waals surface area contributed by atoms with Gasteiger partial charge in [0.15, 0.2) is 0 Å². The molecule has 106 valence electrons. The molecule has 1 atom stereocenters. The molecule has 0 saturated heterocycles. The molecule has 0 bridgehead atoms. The van der Waals surface area contributed by atoms with E-state index in [4.69, 9.17) is 0 Å². The predicted molar refractivity (Wildman–Crippen MR) is 86.4 cm³/mol. The van der Waals surface area contributed by atoms with Crippen molar-refractivity contribution in [2.45, 2.75) is 47.6 Å². The second-order valence-corrected chi connectivity index (χ2v) is 5.82. The van der Waals surface area contributed by atoms with Crippen molar-refractivity contribution in [1.82, 2.24) is 4.98 Å². The van der Waals surface area contributed by atoms with E-state index >= 15 is 0 Å². The minimum Gasteiger partial charge on any atom is -0.378 e. The first-order valence-electron chi connectivity index (χ1n) is 7.16. The number of rotatable bonds is 3. The lowest BCUT2D eigenvalue weighted by molar-refractivity contribution is 0.842. The maximum atomic E-state index is 4.59. The van der Waals surface area contributed by atoms with Crippen LogP contribution < -0.4 is 5.32 Å². The highest BCUT2D eigenvalue weighted by Crippen LogP contribution is 2.25. The molecule has 1 N–H and O–H groups in total. The lowest BCUT2D eigenvalue weighted by Crippen LogP contribution is -2.11. The molecule has 1 aromatic carbocycles. The van der Waals surface area contributed by atoms with E-state index in [1.54, 1.807) is 0 Å². The van der Waals surface area contributed by atoms with Gasteiger partial charge in [0.25, 0.3) is 0 Å². The second-order valence-electron chi connectivity index (χ2n) is 5.82. The van der Waals surface area contributed by atoms with Crippen LogP contribution in [0.4, 0.5) is 5.69 Å². The molecule has 0 aliphatic heterocycles. The zero-order valence-electron chi connectivity index (χ0n) is 13.3. The van der Waals surface area contributed by atoms with Crippen molar-refractivity contribution in [1.29, 1.82) is 0 Å². The van der Waals surface area contributed by atoms with Crippen LogP contribution in [0.25, 0.3) is 0 Å². The lowest BCUT2D eigenvalue weighted by atomic mass is 10.00. The Balaban J connectivity index is 2.30. The van der Waals surface area contributed by atoms with Crippen molar-refractivity contribution in [2.75, 3.05) is 5.32 Å². The number of hydrogen-bond acceptors (Lipinski definition) is 2. The topological polar surface area (TPSA) is 24.9 Å². The summed E-state index contributed by atoms with van der Waals surface area (Å²) in [4.78, 5) is 4.59. The third-order valence-electron chi connectivity index (χ3n) is 3.62. The van der Waals surface area contributed by atoms with E-state index in [9.17, 15) is 0 Å². The molecule has 1 aromatic heterocycles. The largest absolute Gasteiger partial charge is 0.378 e. The van der Waals surface area contributed by atoms with Gasteiger partial charge in [-0.05, 0) is 82.0 Å². The second kappa shape index (κ2) is 5.66. The van der Waals surface area contributed by atoms with Gasteiger partial charge in [0, 0.05) is 17.1 Å². The van der Waals surface area contributed by atoms with Crippen molar-refractivity contribution in [3.63, 3.8) is 0 Å². The molecule has 20 heavy (non-hydrogen) atoms. The fourth-order valence-corrected chi connectivity index (χ4v) is 3.07. The van der Waals surface area contributed by atoms with E-state index < -0.39 is 0 Å². The van der Waals surface area contributed by atoms with Crippen LogP contribution in [0.1, 0.15) is 46.6 Å². The van der Waals surface area contributed by atoms with Crippen molar-refractivity contribution in [2.24, 2.45) is 0 Å². The maximum absolute atomic E-state index is 4.59. The van der Waals surface area contributed by atoms with Crippen LogP contribution in [-0.2, 0) is 0 Å². The minimum absolute atomic E-state index is 0.254. The molecule has 2 rings (SSSR count). The molecule has 0 radical (unpaired) electrons. The summed E-state index contributed by atoms with van der Waals surface area (Å²) in [6, 6.07) is 8.98. The van der Waals surface area contributed by atoms with Gasteiger partial charge >= 0.3 is 0 Å². The van der Waals surface area contributed by atoms with Crippen LogP contribution in [0.3, 0.4) is 0 Å². The van der Waals surface area contributed by atoms with Crippen molar-refractivity contribution in [3.05, 3.63) is 57.9 Å². The maximum Gasteiger partial charge on any atom is 0.0506 e. The number of nitrogens with zero attached hydrogens (tertiary/aromatic N) is 1. The molecule has 0 amide bonds. The molecule has 0 aliphatic rings. The first-order chi connectivity index (χ1) is 9.36. The summed E-state index contributed by atoms with van der Waals surface area (Å²) in [5.74, 6) is 0. The van der Waals surface area contributed by atoms with Gasteiger partial charge in [-0.25, -0.2) is 0 Å². The van der Waals surface area contributed by atoms with Crippen LogP contribution in [0, 0.1) is 34.6 Å².